The number of hydrogen-bond donors (Lipinski definition) is 1. The van der Waals surface area contributed by atoms with Crippen LogP contribution in [0.3, 0.4) is 0 Å². The molecule has 0 radical (unpaired) electrons. The normalized spacial score (nSPS) is 11.0. The Morgan fingerprint density at radius 2 is 1.83 bits per heavy atom. The van der Waals surface area contributed by atoms with E-state index in [1.54, 1.807) is 6.21 Å². The number of nitrogens with zero attached hydrogens (tertiary/aromatic N) is 2. The summed E-state index contributed by atoms with van der Waals surface area (Å²) in [4.78, 5) is 4.52. The Balaban J connectivity index is 1.35. The lowest BCUT2D eigenvalue weighted by molar-refractivity contribution is 0.303. The fourth-order valence-corrected chi connectivity index (χ4v) is 3.39. The zero-order chi connectivity index (χ0) is 20.8. The van der Waals surface area contributed by atoms with Gasteiger partial charge in [0.1, 0.15) is 12.4 Å². The van der Waals surface area contributed by atoms with Gasteiger partial charge in [-0.05, 0) is 29.3 Å². The highest BCUT2D eigenvalue weighted by Crippen LogP contribution is 2.24. The van der Waals surface area contributed by atoms with Gasteiger partial charge in [-0.3, -0.25) is 5.43 Å². The number of aromatic nitrogens is 1. The molecule has 4 nitrogen and oxygen atoms in total. The van der Waals surface area contributed by atoms with Gasteiger partial charge in [0.25, 0.3) is 0 Å². The highest BCUT2D eigenvalue weighted by Gasteiger charge is 2.05. The molecule has 0 saturated carbocycles. The Labute approximate surface area is 176 Å². The van der Waals surface area contributed by atoms with Crippen molar-refractivity contribution in [1.82, 2.24) is 4.98 Å². The van der Waals surface area contributed by atoms with E-state index in [-0.39, 0.29) is 12.4 Å². The molecule has 7 heteroatoms. The summed E-state index contributed by atoms with van der Waals surface area (Å²) in [6.07, 6.45) is 1.69. The smallest absolute Gasteiger partial charge is 0.203 e. The maximum atomic E-state index is 13.3. The van der Waals surface area contributed by atoms with Gasteiger partial charge < -0.3 is 4.74 Å². The molecule has 1 heterocycles. The Bertz CT molecular complexity index is 1160. The first-order valence-electron chi connectivity index (χ1n) is 9.14. The lowest BCUT2D eigenvalue weighted by atomic mass is 10.1. The number of ether oxygens (including phenoxy) is 1. The lowest BCUT2D eigenvalue weighted by Gasteiger charge is -2.07. The van der Waals surface area contributed by atoms with Crippen molar-refractivity contribution in [3.05, 3.63) is 101 Å². The van der Waals surface area contributed by atoms with E-state index >= 15 is 0 Å². The zero-order valence-electron chi connectivity index (χ0n) is 15.8. The number of halogens is 2. The van der Waals surface area contributed by atoms with Crippen LogP contribution in [-0.4, -0.2) is 11.2 Å². The molecular weight excluding hydrogens is 404 g/mol. The third kappa shape index (κ3) is 5.07. The molecule has 0 saturated heterocycles. The van der Waals surface area contributed by atoms with Crippen LogP contribution in [0.15, 0.2) is 83.3 Å². The second kappa shape index (κ2) is 9.28. The first-order chi connectivity index (χ1) is 14.7. The minimum Gasteiger partial charge on any atom is -0.489 e. The van der Waals surface area contributed by atoms with Crippen LogP contribution in [0.25, 0.3) is 11.3 Å². The zero-order valence-corrected chi connectivity index (χ0v) is 16.6. The molecule has 0 unspecified atom stereocenters. The van der Waals surface area contributed by atoms with Crippen LogP contribution in [0, 0.1) is 11.6 Å². The number of thiazole rings is 1. The number of hydrogen-bond acceptors (Lipinski definition) is 5. The molecule has 0 amide bonds. The SMILES string of the molecule is Fc1ccc(OCc2cccc(C=NNc3nc(-c4ccccc4)cs3)c2)cc1F. The van der Waals surface area contributed by atoms with Gasteiger partial charge >= 0.3 is 0 Å². The highest BCUT2D eigenvalue weighted by molar-refractivity contribution is 7.14. The minimum atomic E-state index is -0.933. The van der Waals surface area contributed by atoms with E-state index in [0.717, 1.165) is 34.5 Å². The second-order valence-corrected chi connectivity index (χ2v) is 7.24. The molecule has 1 aromatic heterocycles. The molecule has 1 N–H and O–H groups in total. The largest absolute Gasteiger partial charge is 0.489 e. The number of nitrogens with one attached hydrogen (secondary N) is 1. The summed E-state index contributed by atoms with van der Waals surface area (Å²) >= 11 is 1.48. The lowest BCUT2D eigenvalue weighted by Crippen LogP contribution is -1.98. The fraction of sp³-hybridized carbons (Fsp3) is 0.0435. The van der Waals surface area contributed by atoms with E-state index in [1.165, 1.54) is 17.4 Å². The van der Waals surface area contributed by atoms with Crippen molar-refractivity contribution in [2.45, 2.75) is 6.61 Å². The predicted octanol–water partition coefficient (Wildman–Crippen LogP) is 6.11. The molecule has 0 aliphatic heterocycles. The Morgan fingerprint density at radius 1 is 0.967 bits per heavy atom. The van der Waals surface area contributed by atoms with Crippen LogP contribution in [-0.2, 0) is 6.61 Å². The molecule has 0 atom stereocenters. The van der Waals surface area contributed by atoms with E-state index in [0.29, 0.717) is 5.13 Å². The van der Waals surface area contributed by atoms with Gasteiger partial charge in [0.2, 0.25) is 5.13 Å². The van der Waals surface area contributed by atoms with Crippen molar-refractivity contribution in [2.24, 2.45) is 5.10 Å². The minimum absolute atomic E-state index is 0.229. The summed E-state index contributed by atoms with van der Waals surface area (Å²) in [6.45, 7) is 0.229. The predicted molar refractivity (Wildman–Crippen MR) is 116 cm³/mol. The standard InChI is InChI=1S/C23H17F2N3OS/c24-20-10-9-19(12-21(20)25)29-14-17-6-4-5-16(11-17)13-26-28-23-27-22(15-30-23)18-7-2-1-3-8-18/h1-13,15H,14H2,(H,27,28). The van der Waals surface area contributed by atoms with Crippen molar-refractivity contribution >= 4 is 22.7 Å². The van der Waals surface area contributed by atoms with E-state index in [1.807, 2.05) is 60.0 Å². The van der Waals surface area contributed by atoms with Gasteiger partial charge in [0, 0.05) is 17.0 Å². The molecular formula is C23H17F2N3OS. The summed E-state index contributed by atoms with van der Waals surface area (Å²) in [5.41, 5.74) is 6.64. The van der Waals surface area contributed by atoms with Gasteiger partial charge in [-0.1, -0.05) is 48.5 Å². The van der Waals surface area contributed by atoms with Crippen molar-refractivity contribution < 1.29 is 13.5 Å². The summed E-state index contributed by atoms with van der Waals surface area (Å²) in [6, 6.07) is 21.0. The first-order valence-corrected chi connectivity index (χ1v) is 10.0. The molecule has 0 aliphatic carbocycles. The van der Waals surface area contributed by atoms with Gasteiger partial charge in [-0.15, -0.1) is 11.3 Å². The number of anilines is 1. The number of rotatable bonds is 7. The Morgan fingerprint density at radius 3 is 2.67 bits per heavy atom. The topological polar surface area (TPSA) is 46.5 Å². The molecule has 0 spiro atoms. The van der Waals surface area contributed by atoms with Gasteiger partial charge in [0.15, 0.2) is 11.6 Å². The van der Waals surface area contributed by atoms with Crippen LogP contribution < -0.4 is 10.2 Å². The van der Waals surface area contributed by atoms with E-state index in [9.17, 15) is 8.78 Å². The molecule has 0 aliphatic rings. The van der Waals surface area contributed by atoms with Crippen LogP contribution in [0.4, 0.5) is 13.9 Å². The van der Waals surface area contributed by atoms with Crippen molar-refractivity contribution in [3.63, 3.8) is 0 Å². The van der Waals surface area contributed by atoms with E-state index in [2.05, 4.69) is 15.5 Å². The fourth-order valence-electron chi connectivity index (χ4n) is 2.73. The van der Waals surface area contributed by atoms with Crippen molar-refractivity contribution in [1.29, 1.82) is 0 Å². The van der Waals surface area contributed by atoms with Crippen LogP contribution in [0.2, 0.25) is 0 Å². The van der Waals surface area contributed by atoms with Gasteiger partial charge in [0.05, 0.1) is 11.9 Å². The summed E-state index contributed by atoms with van der Waals surface area (Å²) in [5.74, 6) is -1.56. The molecule has 30 heavy (non-hydrogen) atoms. The molecule has 4 aromatic rings. The molecule has 0 fully saturated rings. The van der Waals surface area contributed by atoms with E-state index in [4.69, 9.17) is 4.74 Å². The van der Waals surface area contributed by atoms with Gasteiger partial charge in [-0.2, -0.15) is 5.10 Å². The summed E-state index contributed by atoms with van der Waals surface area (Å²) in [5, 5.41) is 6.91. The Hall–Kier alpha value is -3.58. The van der Waals surface area contributed by atoms with Crippen molar-refractivity contribution in [3.8, 4) is 17.0 Å². The third-order valence-corrected chi connectivity index (χ3v) is 4.94. The van der Waals surface area contributed by atoms with Crippen LogP contribution in [0.1, 0.15) is 11.1 Å². The van der Waals surface area contributed by atoms with Crippen LogP contribution >= 0.6 is 11.3 Å². The highest BCUT2D eigenvalue weighted by atomic mass is 32.1. The molecule has 150 valence electrons. The summed E-state index contributed by atoms with van der Waals surface area (Å²) in [7, 11) is 0. The number of hydrazone groups is 1. The quantitative estimate of drug-likeness (QED) is 0.289. The van der Waals surface area contributed by atoms with Gasteiger partial charge in [-0.25, -0.2) is 13.8 Å². The maximum absolute atomic E-state index is 13.3. The molecule has 4 rings (SSSR count). The Kier molecular flexibility index (Phi) is 6.10. The average molecular weight is 421 g/mol. The van der Waals surface area contributed by atoms with E-state index < -0.39 is 11.6 Å². The second-order valence-electron chi connectivity index (χ2n) is 6.38. The third-order valence-electron chi connectivity index (χ3n) is 4.20. The molecule has 3 aromatic carbocycles. The maximum Gasteiger partial charge on any atom is 0.203 e. The van der Waals surface area contributed by atoms with Crippen molar-refractivity contribution in [2.75, 3.05) is 5.43 Å². The average Bonchev–Trinajstić information content (AvgIpc) is 3.24. The van der Waals surface area contributed by atoms with Crippen LogP contribution in [0.5, 0.6) is 5.75 Å². The monoisotopic (exact) mass is 421 g/mol. The molecule has 0 bridgehead atoms. The summed E-state index contributed by atoms with van der Waals surface area (Å²) < 4.78 is 31.8. The number of benzene rings is 3. The first kappa shape index (κ1) is 19.7.